The number of fused-ring (bicyclic) bond motifs is 1. The van der Waals surface area contributed by atoms with E-state index in [9.17, 15) is 13.6 Å². The molecule has 0 aromatic heterocycles. The third-order valence-corrected chi connectivity index (χ3v) is 5.35. The number of hydrogen-bond donors (Lipinski definition) is 1. The van der Waals surface area contributed by atoms with Gasteiger partial charge in [-0.15, -0.1) is 0 Å². The molecule has 162 valence electrons. The predicted molar refractivity (Wildman–Crippen MR) is 114 cm³/mol. The first kappa shape index (κ1) is 21.0. The van der Waals surface area contributed by atoms with Crippen LogP contribution in [-0.2, 0) is 9.53 Å². The summed E-state index contributed by atoms with van der Waals surface area (Å²) in [4.78, 5) is 14.5. The Morgan fingerprint density at radius 1 is 1.19 bits per heavy atom. The monoisotopic (exact) mass is 446 g/mol. The molecule has 2 aromatic carbocycles. The van der Waals surface area contributed by atoms with Gasteiger partial charge in [-0.25, -0.2) is 13.6 Å². The van der Waals surface area contributed by atoms with E-state index in [2.05, 4.69) is 5.32 Å². The van der Waals surface area contributed by atoms with Crippen LogP contribution in [0.2, 0.25) is 0 Å². The third-order valence-electron chi connectivity index (χ3n) is 5.05. The van der Waals surface area contributed by atoms with Crippen molar-refractivity contribution in [3.8, 4) is 11.5 Å². The Morgan fingerprint density at radius 3 is 2.55 bits per heavy atom. The molecule has 6 nitrogen and oxygen atoms in total. The zero-order valence-electron chi connectivity index (χ0n) is 16.9. The van der Waals surface area contributed by atoms with Crippen LogP contribution in [0.15, 0.2) is 47.7 Å². The summed E-state index contributed by atoms with van der Waals surface area (Å²) in [5.41, 5.74) is 0.767. The van der Waals surface area contributed by atoms with Gasteiger partial charge in [-0.05, 0) is 50.3 Å². The lowest BCUT2D eigenvalue weighted by molar-refractivity contribution is -0.139. The SMILES string of the molecule is CCOC(=O)C1=C(C)N(c2ccc3c(c2)OCCO3)C(=S)NC1c1c(F)cccc1F. The van der Waals surface area contributed by atoms with Gasteiger partial charge in [-0.2, -0.15) is 0 Å². The molecular weight excluding hydrogens is 426 g/mol. The van der Waals surface area contributed by atoms with Gasteiger partial charge in [0.15, 0.2) is 16.6 Å². The molecule has 0 radical (unpaired) electrons. The minimum Gasteiger partial charge on any atom is -0.486 e. The van der Waals surface area contributed by atoms with E-state index < -0.39 is 23.6 Å². The quantitative estimate of drug-likeness (QED) is 0.563. The Kier molecular flexibility index (Phi) is 5.77. The average Bonchev–Trinajstić information content (AvgIpc) is 2.73. The molecule has 4 rings (SSSR count). The van der Waals surface area contributed by atoms with Crippen LogP contribution in [-0.4, -0.2) is 30.9 Å². The van der Waals surface area contributed by atoms with E-state index in [0.717, 1.165) is 12.1 Å². The van der Waals surface area contributed by atoms with Crippen LogP contribution in [0.3, 0.4) is 0 Å². The van der Waals surface area contributed by atoms with Crippen LogP contribution >= 0.6 is 12.2 Å². The first-order valence-corrected chi connectivity index (χ1v) is 10.1. The van der Waals surface area contributed by atoms with Crippen LogP contribution in [0.4, 0.5) is 14.5 Å². The number of carbonyl (C=O) groups excluding carboxylic acids is 1. The maximum absolute atomic E-state index is 14.6. The van der Waals surface area contributed by atoms with Crippen LogP contribution < -0.4 is 19.7 Å². The Balaban J connectivity index is 1.85. The molecule has 1 N–H and O–H groups in total. The number of rotatable bonds is 4. The number of thiocarbonyl (C=S) groups is 1. The number of nitrogens with zero attached hydrogens (tertiary/aromatic N) is 1. The number of benzene rings is 2. The molecule has 0 saturated heterocycles. The Morgan fingerprint density at radius 2 is 1.87 bits per heavy atom. The van der Waals surface area contributed by atoms with Gasteiger partial charge >= 0.3 is 5.97 Å². The van der Waals surface area contributed by atoms with Gasteiger partial charge in [0.25, 0.3) is 0 Å². The molecular formula is C22H20F2N2O4S. The van der Waals surface area contributed by atoms with Crippen molar-refractivity contribution in [3.63, 3.8) is 0 Å². The van der Waals surface area contributed by atoms with Crippen LogP contribution in [0.1, 0.15) is 25.5 Å². The molecule has 9 heteroatoms. The number of allylic oxidation sites excluding steroid dienone is 1. The molecule has 2 heterocycles. The number of esters is 1. The Labute approximate surface area is 183 Å². The Bertz CT molecular complexity index is 1070. The van der Waals surface area contributed by atoms with Gasteiger partial charge in [0.2, 0.25) is 0 Å². The van der Waals surface area contributed by atoms with Crippen molar-refractivity contribution in [2.24, 2.45) is 0 Å². The van der Waals surface area contributed by atoms with E-state index >= 15 is 0 Å². The molecule has 0 fully saturated rings. The average molecular weight is 446 g/mol. The fourth-order valence-electron chi connectivity index (χ4n) is 3.70. The summed E-state index contributed by atoms with van der Waals surface area (Å²) in [6.07, 6.45) is 0. The minimum absolute atomic E-state index is 0.0642. The summed E-state index contributed by atoms with van der Waals surface area (Å²) in [6.45, 7) is 4.29. The zero-order valence-corrected chi connectivity index (χ0v) is 17.7. The first-order valence-electron chi connectivity index (χ1n) is 9.74. The first-order chi connectivity index (χ1) is 14.9. The number of ether oxygens (including phenoxy) is 3. The molecule has 31 heavy (non-hydrogen) atoms. The van der Waals surface area contributed by atoms with Crippen molar-refractivity contribution in [3.05, 3.63) is 64.9 Å². The van der Waals surface area contributed by atoms with E-state index in [4.69, 9.17) is 26.4 Å². The third kappa shape index (κ3) is 3.81. The van der Waals surface area contributed by atoms with Crippen molar-refractivity contribution in [1.82, 2.24) is 5.32 Å². The lowest BCUT2D eigenvalue weighted by atomic mass is 9.94. The van der Waals surface area contributed by atoms with Crippen LogP contribution in [0.25, 0.3) is 0 Å². The van der Waals surface area contributed by atoms with Gasteiger partial charge in [-0.1, -0.05) is 6.07 Å². The summed E-state index contributed by atoms with van der Waals surface area (Å²) >= 11 is 5.52. The number of halogens is 2. The molecule has 1 atom stereocenters. The van der Waals surface area contributed by atoms with Gasteiger partial charge < -0.3 is 19.5 Å². The predicted octanol–water partition coefficient (Wildman–Crippen LogP) is 4.01. The molecule has 2 aromatic rings. The van der Waals surface area contributed by atoms with E-state index in [1.165, 1.54) is 6.07 Å². The maximum Gasteiger partial charge on any atom is 0.338 e. The van der Waals surface area contributed by atoms with Gasteiger partial charge in [-0.3, -0.25) is 4.90 Å². The van der Waals surface area contributed by atoms with Crippen molar-refractivity contribution in [1.29, 1.82) is 0 Å². The highest BCUT2D eigenvalue weighted by Gasteiger charge is 2.38. The molecule has 0 amide bonds. The van der Waals surface area contributed by atoms with Gasteiger partial charge in [0.1, 0.15) is 24.8 Å². The largest absolute Gasteiger partial charge is 0.486 e. The Hall–Kier alpha value is -3.20. The summed E-state index contributed by atoms with van der Waals surface area (Å²) in [6, 6.07) is 7.63. The molecule has 0 bridgehead atoms. The standard InChI is InChI=1S/C22H20F2N2O4S/c1-3-28-21(27)18-12(2)26(13-7-8-16-17(11-13)30-10-9-29-16)22(31)25-20(18)19-14(23)5-4-6-15(19)24/h4-8,11,20H,3,9-10H2,1-2H3,(H,25,31). The highest BCUT2D eigenvalue weighted by molar-refractivity contribution is 7.80. The maximum atomic E-state index is 14.6. The summed E-state index contributed by atoms with van der Waals surface area (Å²) in [5.74, 6) is -1.13. The summed E-state index contributed by atoms with van der Waals surface area (Å²) < 4.78 is 45.5. The zero-order chi connectivity index (χ0) is 22.1. The topological polar surface area (TPSA) is 60.0 Å². The van der Waals surface area contributed by atoms with Crippen LogP contribution in [0, 0.1) is 11.6 Å². The van der Waals surface area contributed by atoms with Gasteiger partial charge in [0.05, 0.1) is 29.5 Å². The fraction of sp³-hybridized carbons (Fsp3) is 0.273. The summed E-state index contributed by atoms with van der Waals surface area (Å²) in [5, 5.41) is 3.09. The van der Waals surface area contributed by atoms with Gasteiger partial charge in [0, 0.05) is 11.8 Å². The number of anilines is 1. The van der Waals surface area contributed by atoms with Crippen LogP contribution in [0.5, 0.6) is 11.5 Å². The minimum atomic E-state index is -1.14. The van der Waals surface area contributed by atoms with Crippen molar-refractivity contribution in [2.75, 3.05) is 24.7 Å². The molecule has 2 aliphatic rings. The smallest absolute Gasteiger partial charge is 0.338 e. The second-order valence-electron chi connectivity index (χ2n) is 6.90. The number of nitrogens with one attached hydrogen (secondary N) is 1. The molecule has 1 unspecified atom stereocenters. The number of carbonyl (C=O) groups is 1. The molecule has 2 aliphatic heterocycles. The van der Waals surface area contributed by atoms with E-state index in [1.54, 1.807) is 36.9 Å². The molecule has 0 saturated carbocycles. The fourth-order valence-corrected chi connectivity index (χ4v) is 4.06. The van der Waals surface area contributed by atoms with E-state index in [0.29, 0.717) is 36.1 Å². The van der Waals surface area contributed by atoms with E-state index in [-0.39, 0.29) is 22.9 Å². The molecule has 0 spiro atoms. The highest BCUT2D eigenvalue weighted by Crippen LogP contribution is 2.39. The molecule has 0 aliphatic carbocycles. The second kappa shape index (κ2) is 8.50. The van der Waals surface area contributed by atoms with Crippen molar-refractivity contribution < 1.29 is 27.8 Å². The lowest BCUT2D eigenvalue weighted by Gasteiger charge is -2.38. The second-order valence-corrected chi connectivity index (χ2v) is 7.29. The normalized spacial score (nSPS) is 18.0. The number of hydrogen-bond acceptors (Lipinski definition) is 5. The lowest BCUT2D eigenvalue weighted by Crippen LogP contribution is -2.48. The van der Waals surface area contributed by atoms with Crippen molar-refractivity contribution >= 4 is 29.0 Å². The summed E-state index contributed by atoms with van der Waals surface area (Å²) in [7, 11) is 0. The van der Waals surface area contributed by atoms with Crippen molar-refractivity contribution in [2.45, 2.75) is 19.9 Å². The highest BCUT2D eigenvalue weighted by atomic mass is 32.1. The van der Waals surface area contributed by atoms with E-state index in [1.807, 2.05) is 0 Å².